The Balaban J connectivity index is 1.21. The number of fused-ring (bicyclic) bond motifs is 1. The van der Waals surface area contributed by atoms with Crippen molar-refractivity contribution in [2.75, 3.05) is 20.3 Å². The minimum Gasteiger partial charge on any atom is -0.427 e. The Morgan fingerprint density at radius 1 is 0.593 bits per heavy atom. The maximum absolute atomic E-state index is 11.1. The summed E-state index contributed by atoms with van der Waals surface area (Å²) in [5.41, 5.74) is 0. The molecule has 6 aliphatic rings. The highest BCUT2D eigenvalue weighted by atomic mass is 16.7. The van der Waals surface area contributed by atoms with Gasteiger partial charge in [0.15, 0.2) is 31.1 Å². The van der Waals surface area contributed by atoms with Gasteiger partial charge in [-0.1, -0.05) is 0 Å². The second-order valence-electron chi connectivity index (χ2n) is 15.7. The molecule has 4 heterocycles. The third kappa shape index (κ3) is 8.78. The number of aliphatic hydroxyl groups is 14. The van der Waals surface area contributed by atoms with Crippen LogP contribution in [0.5, 0.6) is 0 Å². The Hall–Kier alpha value is -0.800. The molecule has 314 valence electrons. The Labute approximate surface area is 311 Å². The molecule has 6 fully saturated rings. The van der Waals surface area contributed by atoms with Crippen LogP contribution in [-0.4, -0.2) is 221 Å². The summed E-state index contributed by atoms with van der Waals surface area (Å²) in [5.74, 6) is -0.684. The zero-order chi connectivity index (χ0) is 39.2. The summed E-state index contributed by atoms with van der Waals surface area (Å²) >= 11 is 0. The van der Waals surface area contributed by atoms with E-state index < -0.39 is 154 Å². The molecule has 0 radical (unpaired) electrons. The molecule has 4 aliphatic heterocycles. The summed E-state index contributed by atoms with van der Waals surface area (Å²) in [6.45, 7) is 0.315. The van der Waals surface area contributed by atoms with Gasteiger partial charge in [-0.25, -0.2) is 0 Å². The summed E-state index contributed by atoms with van der Waals surface area (Å²) in [4.78, 5) is 0. The zero-order valence-corrected chi connectivity index (χ0v) is 30.2. The van der Waals surface area contributed by atoms with Gasteiger partial charge in [-0.05, 0) is 32.6 Å². The smallest absolute Gasteiger partial charge is 0.187 e. The van der Waals surface area contributed by atoms with Crippen LogP contribution in [0.3, 0.4) is 0 Å². The molecule has 4 saturated heterocycles. The van der Waals surface area contributed by atoms with E-state index in [1.165, 1.54) is 14.0 Å². The molecule has 0 aromatic rings. The third-order valence-electron chi connectivity index (χ3n) is 12.2. The van der Waals surface area contributed by atoms with E-state index in [0.717, 1.165) is 0 Å². The molecular weight excluding hydrogens is 728 g/mol. The average Bonchev–Trinajstić information content (AvgIpc) is 3.15. The molecule has 0 aromatic heterocycles. The van der Waals surface area contributed by atoms with Crippen molar-refractivity contribution in [3.63, 3.8) is 0 Å². The number of rotatable bonds is 10. The standard InChI is InChI=1S/C34H58O20/c1-11-22(38)25(41)28(44)32(49-11)48-10-21-24(40)27(43)30(46)34(54-21)52-19-8-14-16(50-31(19)12-3-4-15(37)18(5-12)47-2)6-13(36)7-17(14)51-33-29(45)26(42)23(39)20(9-35)53-33/h11-46H,3-10H2,1-2H3/p+1/t11-,12?,13?,14?,15?,16?,17?,18?,19?,20+,21+,22-,23+,24+,25+,26-,27-,28+,29+,30+,31?,32+,33+,34+/m0/s1. The van der Waals surface area contributed by atoms with Gasteiger partial charge < -0.3 is 99.2 Å². The molecule has 24 atom stereocenters. The van der Waals surface area contributed by atoms with Gasteiger partial charge in [-0.15, -0.1) is 0 Å². The number of ether oxygens (including phenoxy) is 8. The highest BCUT2D eigenvalue weighted by molar-refractivity contribution is 5.00. The van der Waals surface area contributed by atoms with Gasteiger partial charge in [0.2, 0.25) is 0 Å². The first-order chi connectivity index (χ1) is 25.6. The lowest BCUT2D eigenvalue weighted by Crippen LogP contribution is -2.64. The molecule has 6 rings (SSSR count). The van der Waals surface area contributed by atoms with Gasteiger partial charge >= 0.3 is 0 Å². The first-order valence-electron chi connectivity index (χ1n) is 18.8. The van der Waals surface area contributed by atoms with Crippen LogP contribution < -0.4 is 0 Å². The Morgan fingerprint density at radius 3 is 1.83 bits per heavy atom. The van der Waals surface area contributed by atoms with E-state index in [4.69, 9.17) is 37.9 Å². The minimum absolute atomic E-state index is 0.0801. The molecule has 0 bridgehead atoms. The van der Waals surface area contributed by atoms with Crippen LogP contribution in [0.2, 0.25) is 0 Å². The predicted molar refractivity (Wildman–Crippen MR) is 176 cm³/mol. The molecule has 9 unspecified atom stereocenters. The van der Waals surface area contributed by atoms with E-state index in [9.17, 15) is 61.3 Å². The largest absolute Gasteiger partial charge is 0.427 e. The fraction of sp³-hybridized carbons (Fsp3) is 1.00. The van der Waals surface area contributed by atoms with Gasteiger partial charge in [0.05, 0.1) is 49.7 Å². The van der Waals surface area contributed by atoms with E-state index in [-0.39, 0.29) is 25.2 Å². The Kier molecular flexibility index (Phi) is 14.3. The first-order valence-corrected chi connectivity index (χ1v) is 18.8. The maximum Gasteiger partial charge on any atom is 0.187 e. The monoisotopic (exact) mass is 787 g/mol. The van der Waals surface area contributed by atoms with Crippen molar-refractivity contribution in [3.05, 3.63) is 0 Å². The molecule has 0 amide bonds. The van der Waals surface area contributed by atoms with Crippen LogP contribution in [0, 0.1) is 11.8 Å². The van der Waals surface area contributed by atoms with Gasteiger partial charge in [0, 0.05) is 25.9 Å². The molecule has 0 spiro atoms. The van der Waals surface area contributed by atoms with Gasteiger partial charge in [-0.2, -0.15) is 0 Å². The van der Waals surface area contributed by atoms with Gasteiger partial charge in [0.25, 0.3) is 0 Å². The fourth-order valence-electron chi connectivity index (χ4n) is 8.90. The molecule has 2 saturated carbocycles. The van der Waals surface area contributed by atoms with E-state index in [1.54, 1.807) is 0 Å². The highest BCUT2D eigenvalue weighted by Crippen LogP contribution is 2.44. The molecule has 2 aliphatic carbocycles. The Morgan fingerprint density at radius 2 is 1.19 bits per heavy atom. The van der Waals surface area contributed by atoms with Crippen LogP contribution in [0.25, 0.3) is 0 Å². The summed E-state index contributed by atoms with van der Waals surface area (Å²) in [5, 5.41) is 126. The van der Waals surface area contributed by atoms with Crippen molar-refractivity contribution in [1.29, 1.82) is 0 Å². The fourth-order valence-corrected chi connectivity index (χ4v) is 8.90. The van der Waals surface area contributed by atoms with Gasteiger partial charge in [0.1, 0.15) is 73.2 Å². The summed E-state index contributed by atoms with van der Waals surface area (Å²) < 4.78 is 46.0. The van der Waals surface area contributed by atoms with Gasteiger partial charge in [-0.3, -0.25) is 0 Å². The minimum atomic E-state index is -1.78. The third-order valence-corrected chi connectivity index (χ3v) is 12.2. The van der Waals surface area contributed by atoms with E-state index in [0.29, 0.717) is 19.3 Å². The highest BCUT2D eigenvalue weighted by Gasteiger charge is 2.57. The quantitative estimate of drug-likeness (QED) is 0.0917. The number of methoxy groups -OCH3 is 1. The predicted octanol–water partition coefficient (Wildman–Crippen LogP) is -6.18. The normalized spacial score (nSPS) is 54.6. The number of hydrogen-bond acceptors (Lipinski definition) is 19. The number of aliphatic hydroxyl groups excluding tert-OH is 12. The lowest BCUT2D eigenvalue weighted by atomic mass is 9.72. The number of hydrogen-bond donors (Lipinski definition) is 12. The van der Waals surface area contributed by atoms with Crippen LogP contribution in [0.1, 0.15) is 45.4 Å². The second kappa shape index (κ2) is 18.0. The van der Waals surface area contributed by atoms with E-state index >= 15 is 0 Å². The SMILES string of the molecule is COC1CC(C2[OH+]C3CC(O)CC(O[C@@H]4O[C@H](CO)[C@@H](O)[C@H](O)[C@H]4O)C3CC2O[C@@H]2O[C@H](CO[C@@H]3O[C@@H](C)[C@H](O)[C@@H](O)[C@H]3O)[C@@H](O)[C@H](O)[C@H]2O)CCC1O. The van der Waals surface area contributed by atoms with E-state index in [1.807, 2.05) is 0 Å². The van der Waals surface area contributed by atoms with E-state index in [2.05, 4.69) is 0 Å². The van der Waals surface area contributed by atoms with Crippen LogP contribution >= 0.6 is 0 Å². The molecule has 0 aromatic carbocycles. The molecule has 54 heavy (non-hydrogen) atoms. The Bertz CT molecular complexity index is 1190. The van der Waals surface area contributed by atoms with Crippen molar-refractivity contribution in [2.45, 2.75) is 180 Å². The van der Waals surface area contributed by atoms with Crippen LogP contribution in [0.15, 0.2) is 0 Å². The van der Waals surface area contributed by atoms with Crippen molar-refractivity contribution >= 4 is 0 Å². The second-order valence-corrected chi connectivity index (χ2v) is 15.7. The lowest BCUT2D eigenvalue weighted by Gasteiger charge is -2.50. The molecule has 20 nitrogen and oxygen atoms in total. The van der Waals surface area contributed by atoms with Crippen molar-refractivity contribution in [2.24, 2.45) is 11.8 Å². The zero-order valence-electron chi connectivity index (χ0n) is 30.2. The summed E-state index contributed by atoms with van der Waals surface area (Å²) in [7, 11) is 1.50. The summed E-state index contributed by atoms with van der Waals surface area (Å²) in [6.07, 6.45) is -25.6. The molecule has 20 heteroatoms. The van der Waals surface area contributed by atoms with Crippen molar-refractivity contribution < 1.29 is 99.2 Å². The molecule has 13 N–H and O–H groups in total. The van der Waals surface area contributed by atoms with Crippen molar-refractivity contribution in [1.82, 2.24) is 0 Å². The maximum atomic E-state index is 11.1. The average molecular weight is 788 g/mol. The summed E-state index contributed by atoms with van der Waals surface area (Å²) in [6, 6.07) is 0. The van der Waals surface area contributed by atoms with Crippen molar-refractivity contribution in [3.8, 4) is 0 Å². The first kappa shape index (κ1) is 42.8. The lowest BCUT2D eigenvalue weighted by molar-refractivity contribution is -0.370. The van der Waals surface area contributed by atoms with Crippen LogP contribution in [0.4, 0.5) is 0 Å². The molecular formula is C34H59O20+. The van der Waals surface area contributed by atoms with Crippen LogP contribution in [-0.2, 0) is 33.2 Å². The topological polar surface area (TPSA) is 320 Å².